The maximum atomic E-state index is 11.3. The topological polar surface area (TPSA) is 51.2 Å². The SMILES string of the molecule is C=CCCC(=O)CC1CCS(=O)(=O)C1. The van der Waals surface area contributed by atoms with Crippen molar-refractivity contribution in [3.63, 3.8) is 0 Å². The van der Waals surface area contributed by atoms with Crippen molar-refractivity contribution >= 4 is 15.6 Å². The van der Waals surface area contributed by atoms with Gasteiger partial charge in [0.15, 0.2) is 9.84 Å². The maximum absolute atomic E-state index is 11.3. The number of hydrogen-bond acceptors (Lipinski definition) is 3. The molecule has 0 amide bonds. The molecule has 80 valence electrons. The highest BCUT2D eigenvalue weighted by atomic mass is 32.2. The first-order valence-corrected chi connectivity index (χ1v) is 6.68. The van der Waals surface area contributed by atoms with Gasteiger partial charge >= 0.3 is 0 Å². The van der Waals surface area contributed by atoms with E-state index in [1.807, 2.05) is 0 Å². The average Bonchev–Trinajstić information content (AvgIpc) is 2.42. The monoisotopic (exact) mass is 216 g/mol. The fourth-order valence-corrected chi connectivity index (χ4v) is 3.58. The predicted molar refractivity (Wildman–Crippen MR) is 55.8 cm³/mol. The molecule has 0 bridgehead atoms. The molecule has 1 rings (SSSR count). The molecule has 1 fully saturated rings. The first kappa shape index (κ1) is 11.4. The van der Waals surface area contributed by atoms with Crippen LogP contribution in [0.5, 0.6) is 0 Å². The lowest BCUT2D eigenvalue weighted by Crippen LogP contribution is -2.10. The summed E-state index contributed by atoms with van der Waals surface area (Å²) in [5.74, 6) is 0.684. The van der Waals surface area contributed by atoms with E-state index in [1.165, 1.54) is 0 Å². The largest absolute Gasteiger partial charge is 0.300 e. The Labute approximate surface area is 85.1 Å². The average molecular weight is 216 g/mol. The highest BCUT2D eigenvalue weighted by molar-refractivity contribution is 7.91. The number of carbonyl (C=O) groups excluding carboxylic acids is 1. The Kier molecular flexibility index (Phi) is 3.86. The molecule has 0 radical (unpaired) electrons. The molecule has 1 saturated heterocycles. The van der Waals surface area contributed by atoms with E-state index < -0.39 is 9.84 Å². The lowest BCUT2D eigenvalue weighted by molar-refractivity contribution is -0.119. The fourth-order valence-electron chi connectivity index (χ4n) is 1.72. The Morgan fingerprint density at radius 2 is 2.21 bits per heavy atom. The van der Waals surface area contributed by atoms with Crippen molar-refractivity contribution in [3.05, 3.63) is 12.7 Å². The van der Waals surface area contributed by atoms with Gasteiger partial charge in [-0.3, -0.25) is 4.79 Å². The third-order valence-electron chi connectivity index (χ3n) is 2.47. The van der Waals surface area contributed by atoms with Gasteiger partial charge in [-0.1, -0.05) is 6.08 Å². The number of rotatable bonds is 5. The van der Waals surface area contributed by atoms with Crippen LogP contribution < -0.4 is 0 Å². The van der Waals surface area contributed by atoms with Gasteiger partial charge in [0, 0.05) is 12.8 Å². The molecule has 0 saturated carbocycles. The maximum Gasteiger partial charge on any atom is 0.150 e. The van der Waals surface area contributed by atoms with Crippen molar-refractivity contribution in [2.45, 2.75) is 25.7 Å². The van der Waals surface area contributed by atoms with Crippen LogP contribution >= 0.6 is 0 Å². The highest BCUT2D eigenvalue weighted by Crippen LogP contribution is 2.22. The first-order chi connectivity index (χ1) is 6.53. The van der Waals surface area contributed by atoms with E-state index in [4.69, 9.17) is 0 Å². The normalized spacial score (nSPS) is 24.7. The lowest BCUT2D eigenvalue weighted by atomic mass is 10.00. The quantitative estimate of drug-likeness (QED) is 0.652. The first-order valence-electron chi connectivity index (χ1n) is 4.86. The van der Waals surface area contributed by atoms with E-state index >= 15 is 0 Å². The molecule has 0 aromatic rings. The van der Waals surface area contributed by atoms with Gasteiger partial charge in [0.1, 0.15) is 5.78 Å². The summed E-state index contributed by atoms with van der Waals surface area (Å²) >= 11 is 0. The number of hydrogen-bond donors (Lipinski definition) is 0. The molecule has 0 aromatic heterocycles. The Balaban J connectivity index is 2.32. The van der Waals surface area contributed by atoms with Crippen LogP contribution in [0.2, 0.25) is 0 Å². The van der Waals surface area contributed by atoms with Gasteiger partial charge < -0.3 is 0 Å². The lowest BCUT2D eigenvalue weighted by Gasteiger charge is -2.04. The number of Topliss-reactive ketones (excluding diaryl/α,β-unsaturated/α-hetero) is 1. The molecule has 14 heavy (non-hydrogen) atoms. The van der Waals surface area contributed by atoms with Gasteiger partial charge in [-0.15, -0.1) is 6.58 Å². The summed E-state index contributed by atoms with van der Waals surface area (Å²) in [6.45, 7) is 3.54. The van der Waals surface area contributed by atoms with E-state index in [2.05, 4.69) is 6.58 Å². The van der Waals surface area contributed by atoms with Gasteiger partial charge in [0.05, 0.1) is 11.5 Å². The molecule has 1 heterocycles. The summed E-state index contributed by atoms with van der Waals surface area (Å²) in [7, 11) is -2.83. The molecule has 0 aromatic carbocycles. The molecule has 1 atom stereocenters. The predicted octanol–water partition coefficient (Wildman–Crippen LogP) is 1.35. The number of ketones is 1. The standard InChI is InChI=1S/C10H16O3S/c1-2-3-4-10(11)7-9-5-6-14(12,13)8-9/h2,9H,1,3-8H2. The van der Waals surface area contributed by atoms with Crippen molar-refractivity contribution in [2.75, 3.05) is 11.5 Å². The molecule has 0 spiro atoms. The van der Waals surface area contributed by atoms with Crippen molar-refractivity contribution in [3.8, 4) is 0 Å². The van der Waals surface area contributed by atoms with Crippen molar-refractivity contribution < 1.29 is 13.2 Å². The van der Waals surface area contributed by atoms with E-state index in [0.29, 0.717) is 25.7 Å². The van der Waals surface area contributed by atoms with Crippen LogP contribution in [0.3, 0.4) is 0 Å². The minimum absolute atomic E-state index is 0.0670. The number of allylic oxidation sites excluding steroid dienone is 1. The molecule has 1 unspecified atom stereocenters. The highest BCUT2D eigenvalue weighted by Gasteiger charge is 2.28. The second-order valence-electron chi connectivity index (χ2n) is 3.84. The second-order valence-corrected chi connectivity index (χ2v) is 6.07. The molecular formula is C10H16O3S. The molecule has 0 N–H and O–H groups in total. The summed E-state index contributed by atoms with van der Waals surface area (Å²) in [5, 5.41) is 0. The molecular weight excluding hydrogens is 200 g/mol. The minimum Gasteiger partial charge on any atom is -0.300 e. The zero-order chi connectivity index (χ0) is 10.6. The summed E-state index contributed by atoms with van der Waals surface area (Å²) < 4.78 is 22.2. The second kappa shape index (κ2) is 4.73. The van der Waals surface area contributed by atoms with E-state index in [1.54, 1.807) is 6.08 Å². The summed E-state index contributed by atoms with van der Waals surface area (Å²) in [6, 6.07) is 0. The van der Waals surface area contributed by atoms with Crippen LogP contribution in [0.15, 0.2) is 12.7 Å². The van der Waals surface area contributed by atoms with Gasteiger partial charge in [-0.25, -0.2) is 8.42 Å². The van der Waals surface area contributed by atoms with Crippen molar-refractivity contribution in [1.29, 1.82) is 0 Å². The Hall–Kier alpha value is -0.640. The van der Waals surface area contributed by atoms with Crippen LogP contribution in [-0.4, -0.2) is 25.7 Å². The van der Waals surface area contributed by atoms with Crippen LogP contribution in [-0.2, 0) is 14.6 Å². The van der Waals surface area contributed by atoms with Crippen LogP contribution in [0, 0.1) is 5.92 Å². The van der Waals surface area contributed by atoms with Crippen molar-refractivity contribution in [1.82, 2.24) is 0 Å². The third-order valence-corrected chi connectivity index (χ3v) is 4.31. The summed E-state index contributed by atoms with van der Waals surface area (Å²) in [5.41, 5.74) is 0. The van der Waals surface area contributed by atoms with E-state index in [-0.39, 0.29) is 23.2 Å². The van der Waals surface area contributed by atoms with E-state index in [9.17, 15) is 13.2 Å². The van der Waals surface area contributed by atoms with Gasteiger partial charge in [0.25, 0.3) is 0 Å². The number of carbonyl (C=O) groups is 1. The molecule has 3 nitrogen and oxygen atoms in total. The molecule has 1 aliphatic heterocycles. The Bertz CT molecular complexity index is 316. The summed E-state index contributed by atoms with van der Waals surface area (Å²) in [6.07, 6.45) is 3.98. The van der Waals surface area contributed by atoms with Crippen LogP contribution in [0.25, 0.3) is 0 Å². The Morgan fingerprint density at radius 3 is 2.71 bits per heavy atom. The van der Waals surface area contributed by atoms with Crippen molar-refractivity contribution in [2.24, 2.45) is 5.92 Å². The zero-order valence-electron chi connectivity index (χ0n) is 8.24. The zero-order valence-corrected chi connectivity index (χ0v) is 9.05. The van der Waals surface area contributed by atoms with E-state index in [0.717, 1.165) is 0 Å². The van der Waals surface area contributed by atoms with Gasteiger partial charge in [0.2, 0.25) is 0 Å². The number of sulfone groups is 1. The molecule has 1 aliphatic rings. The Morgan fingerprint density at radius 1 is 1.50 bits per heavy atom. The van der Waals surface area contributed by atoms with Crippen LogP contribution in [0.1, 0.15) is 25.7 Å². The van der Waals surface area contributed by atoms with Gasteiger partial charge in [-0.2, -0.15) is 0 Å². The summed E-state index contributed by atoms with van der Waals surface area (Å²) in [4.78, 5) is 11.3. The molecule has 0 aliphatic carbocycles. The third kappa shape index (κ3) is 3.62. The fraction of sp³-hybridized carbons (Fsp3) is 0.700. The van der Waals surface area contributed by atoms with Crippen LogP contribution in [0.4, 0.5) is 0 Å². The smallest absolute Gasteiger partial charge is 0.150 e. The molecule has 4 heteroatoms. The van der Waals surface area contributed by atoms with Gasteiger partial charge in [-0.05, 0) is 18.8 Å². The minimum atomic E-state index is -2.83.